The average Bonchev–Trinajstić information content (AvgIpc) is 2.87. The zero-order valence-corrected chi connectivity index (χ0v) is 11.8. The van der Waals surface area contributed by atoms with E-state index in [0.29, 0.717) is 18.8 Å². The summed E-state index contributed by atoms with van der Waals surface area (Å²) in [5.41, 5.74) is 0.828. The highest BCUT2D eigenvalue weighted by Crippen LogP contribution is 2.11. The molecule has 0 fully saturated rings. The second kappa shape index (κ2) is 6.08. The van der Waals surface area contributed by atoms with Crippen LogP contribution in [0, 0.1) is 0 Å². The van der Waals surface area contributed by atoms with Gasteiger partial charge in [0.05, 0.1) is 17.0 Å². The van der Waals surface area contributed by atoms with Gasteiger partial charge in [-0.15, -0.1) is 0 Å². The van der Waals surface area contributed by atoms with Gasteiger partial charge in [-0.05, 0) is 23.8 Å². The van der Waals surface area contributed by atoms with Crippen LogP contribution in [0.2, 0.25) is 0 Å². The van der Waals surface area contributed by atoms with Crippen LogP contribution in [0.4, 0.5) is 0 Å². The summed E-state index contributed by atoms with van der Waals surface area (Å²) < 4.78 is 27.6. The molecular weight excluding hydrogens is 296 g/mol. The zero-order chi connectivity index (χ0) is 15.5. The molecule has 112 valence electrons. The molecule has 0 saturated heterocycles. The van der Waals surface area contributed by atoms with Crippen LogP contribution in [0.1, 0.15) is 21.7 Å². The summed E-state index contributed by atoms with van der Waals surface area (Å²) in [6.07, 6.45) is 1.17. The van der Waals surface area contributed by atoms with Crippen molar-refractivity contribution in [3.05, 3.63) is 53.5 Å². The van der Waals surface area contributed by atoms with Crippen molar-refractivity contribution in [2.45, 2.75) is 18.0 Å². The van der Waals surface area contributed by atoms with Crippen LogP contribution in [-0.4, -0.2) is 19.5 Å². The Morgan fingerprint density at radius 2 is 2.05 bits per heavy atom. The number of hydrogen-bond donors (Lipinski definition) is 3. The van der Waals surface area contributed by atoms with E-state index < -0.39 is 16.0 Å². The number of rotatable bonds is 6. The Kier molecular flexibility index (Phi) is 4.41. The number of carbonyl (C=O) groups is 1. The Morgan fingerprint density at radius 3 is 2.67 bits per heavy atom. The lowest BCUT2D eigenvalue weighted by Crippen LogP contribution is -2.15. The molecule has 0 spiro atoms. The van der Waals surface area contributed by atoms with E-state index in [1.807, 2.05) is 0 Å². The van der Waals surface area contributed by atoms with Crippen LogP contribution < -0.4 is 10.5 Å². The highest BCUT2D eigenvalue weighted by molar-refractivity contribution is 7.89. The largest absolute Gasteiger partial charge is 0.478 e. The Balaban J connectivity index is 1.95. The van der Waals surface area contributed by atoms with E-state index in [1.165, 1.54) is 24.5 Å². The SMILES string of the molecule is NS(=O)(=O)c1cccc(CNCc2cc(C(=O)O)co2)c1. The van der Waals surface area contributed by atoms with Crippen LogP contribution >= 0.6 is 0 Å². The predicted octanol–water partition coefficient (Wildman–Crippen LogP) is 0.915. The molecule has 2 rings (SSSR count). The summed E-state index contributed by atoms with van der Waals surface area (Å²) >= 11 is 0. The molecule has 0 atom stereocenters. The van der Waals surface area contributed by atoms with Crippen LogP contribution in [0.25, 0.3) is 0 Å². The van der Waals surface area contributed by atoms with Crippen molar-refractivity contribution in [3.8, 4) is 0 Å². The number of benzene rings is 1. The maximum atomic E-state index is 11.2. The van der Waals surface area contributed by atoms with E-state index >= 15 is 0 Å². The van der Waals surface area contributed by atoms with Crippen LogP contribution in [0.3, 0.4) is 0 Å². The molecule has 0 aliphatic heterocycles. The molecule has 0 unspecified atom stereocenters. The molecule has 21 heavy (non-hydrogen) atoms. The van der Waals surface area contributed by atoms with Gasteiger partial charge in [-0.25, -0.2) is 18.4 Å². The first-order valence-corrected chi connectivity index (χ1v) is 7.54. The van der Waals surface area contributed by atoms with Gasteiger partial charge in [0.15, 0.2) is 0 Å². The predicted molar refractivity (Wildman–Crippen MR) is 74.0 cm³/mol. The summed E-state index contributed by atoms with van der Waals surface area (Å²) in [5.74, 6) is -0.569. The number of carboxylic acid groups (broad SMARTS) is 1. The topological polar surface area (TPSA) is 123 Å². The first kappa shape index (κ1) is 15.2. The third-order valence-electron chi connectivity index (χ3n) is 2.76. The minimum Gasteiger partial charge on any atom is -0.478 e. The van der Waals surface area contributed by atoms with E-state index in [4.69, 9.17) is 14.7 Å². The lowest BCUT2D eigenvalue weighted by atomic mass is 10.2. The number of primary sulfonamides is 1. The van der Waals surface area contributed by atoms with Gasteiger partial charge < -0.3 is 14.8 Å². The number of nitrogens with two attached hydrogens (primary N) is 1. The fourth-order valence-corrected chi connectivity index (χ4v) is 2.33. The van der Waals surface area contributed by atoms with Crippen molar-refractivity contribution in [3.63, 3.8) is 0 Å². The summed E-state index contributed by atoms with van der Waals surface area (Å²) in [6, 6.07) is 7.69. The minimum absolute atomic E-state index is 0.0490. The molecule has 7 nitrogen and oxygen atoms in total. The van der Waals surface area contributed by atoms with Gasteiger partial charge in [-0.2, -0.15) is 0 Å². The smallest absolute Gasteiger partial charge is 0.338 e. The summed E-state index contributed by atoms with van der Waals surface area (Å²) in [7, 11) is -3.72. The molecular formula is C13H14N2O5S. The number of hydrogen-bond acceptors (Lipinski definition) is 5. The molecule has 0 radical (unpaired) electrons. The maximum absolute atomic E-state index is 11.2. The molecule has 8 heteroatoms. The highest BCUT2D eigenvalue weighted by Gasteiger charge is 2.09. The van der Waals surface area contributed by atoms with Crippen molar-refractivity contribution in [1.82, 2.24) is 5.32 Å². The van der Waals surface area contributed by atoms with E-state index in [0.717, 1.165) is 5.56 Å². The summed E-state index contributed by atoms with van der Waals surface area (Å²) in [5, 5.41) is 16.8. The molecule has 0 aliphatic rings. The van der Waals surface area contributed by atoms with E-state index in [-0.39, 0.29) is 10.5 Å². The normalized spacial score (nSPS) is 11.5. The van der Waals surface area contributed by atoms with Crippen molar-refractivity contribution in [2.75, 3.05) is 0 Å². The number of nitrogens with one attached hydrogen (secondary N) is 1. The van der Waals surface area contributed by atoms with E-state index in [2.05, 4.69) is 5.32 Å². The van der Waals surface area contributed by atoms with E-state index in [1.54, 1.807) is 12.1 Å². The molecule has 1 aromatic heterocycles. The lowest BCUT2D eigenvalue weighted by Gasteiger charge is -2.05. The fraction of sp³-hybridized carbons (Fsp3) is 0.154. The standard InChI is InChI=1S/C13H14N2O5S/c14-21(18,19)12-3-1-2-9(4-12)6-15-7-11-5-10(8-20-11)13(16)17/h1-5,8,15H,6-7H2,(H,16,17)(H2,14,18,19). The second-order valence-electron chi connectivity index (χ2n) is 4.40. The van der Waals surface area contributed by atoms with Gasteiger partial charge in [-0.3, -0.25) is 0 Å². The third-order valence-corrected chi connectivity index (χ3v) is 3.67. The van der Waals surface area contributed by atoms with Crippen LogP contribution in [0.15, 0.2) is 45.9 Å². The summed E-state index contributed by atoms with van der Waals surface area (Å²) in [4.78, 5) is 10.7. The quantitative estimate of drug-likeness (QED) is 0.729. The molecule has 1 aromatic carbocycles. The molecule has 0 amide bonds. The molecule has 0 saturated carbocycles. The van der Waals surface area contributed by atoms with Gasteiger partial charge in [0.1, 0.15) is 12.0 Å². The number of carboxylic acids is 1. The molecule has 1 heterocycles. The summed E-state index contributed by atoms with van der Waals surface area (Å²) in [6.45, 7) is 0.722. The zero-order valence-electron chi connectivity index (χ0n) is 10.9. The Labute approximate surface area is 121 Å². The van der Waals surface area contributed by atoms with Crippen molar-refractivity contribution >= 4 is 16.0 Å². The van der Waals surface area contributed by atoms with Gasteiger partial charge in [0.2, 0.25) is 10.0 Å². The fourth-order valence-electron chi connectivity index (χ4n) is 1.75. The maximum Gasteiger partial charge on any atom is 0.338 e. The Morgan fingerprint density at radius 1 is 1.29 bits per heavy atom. The molecule has 2 aromatic rings. The number of aromatic carboxylic acids is 1. The average molecular weight is 310 g/mol. The van der Waals surface area contributed by atoms with Gasteiger partial charge in [0.25, 0.3) is 0 Å². The molecule has 4 N–H and O–H groups in total. The second-order valence-corrected chi connectivity index (χ2v) is 5.96. The minimum atomic E-state index is -3.72. The number of furan rings is 1. The number of sulfonamides is 1. The van der Waals surface area contributed by atoms with Crippen molar-refractivity contribution in [1.29, 1.82) is 0 Å². The first-order chi connectivity index (χ1) is 9.86. The van der Waals surface area contributed by atoms with E-state index in [9.17, 15) is 13.2 Å². The third kappa shape index (κ3) is 4.15. The Bertz CT molecular complexity index is 751. The van der Waals surface area contributed by atoms with Crippen LogP contribution in [0.5, 0.6) is 0 Å². The van der Waals surface area contributed by atoms with Crippen molar-refractivity contribution in [2.24, 2.45) is 5.14 Å². The monoisotopic (exact) mass is 310 g/mol. The van der Waals surface area contributed by atoms with Crippen LogP contribution in [-0.2, 0) is 23.1 Å². The molecule has 0 bridgehead atoms. The van der Waals surface area contributed by atoms with Gasteiger partial charge in [-0.1, -0.05) is 12.1 Å². The first-order valence-electron chi connectivity index (χ1n) is 5.99. The molecule has 0 aliphatic carbocycles. The lowest BCUT2D eigenvalue weighted by molar-refractivity contribution is 0.0696. The van der Waals surface area contributed by atoms with Crippen molar-refractivity contribution < 1.29 is 22.7 Å². The van der Waals surface area contributed by atoms with Gasteiger partial charge >= 0.3 is 5.97 Å². The van der Waals surface area contributed by atoms with Gasteiger partial charge in [0, 0.05) is 6.54 Å². The Hall–Kier alpha value is -2.16. The highest BCUT2D eigenvalue weighted by atomic mass is 32.2.